The molecule has 1 aliphatic rings. The van der Waals surface area contributed by atoms with Gasteiger partial charge in [-0.15, -0.1) is 0 Å². The number of nitro benzene ring substituents is 1. The normalized spacial score (nSPS) is 16.0. The Labute approximate surface area is 142 Å². The fraction of sp³-hybridized carbons (Fsp3) is 0.600. The lowest BCUT2D eigenvalue weighted by molar-refractivity contribution is -0.385. The average Bonchev–Trinajstić information content (AvgIpc) is 2.59. The molecule has 0 bridgehead atoms. The van der Waals surface area contributed by atoms with Crippen LogP contribution in [0.15, 0.2) is 23.1 Å². The van der Waals surface area contributed by atoms with Crippen molar-refractivity contribution in [1.82, 2.24) is 9.62 Å². The van der Waals surface area contributed by atoms with Crippen molar-refractivity contribution in [1.29, 1.82) is 0 Å². The Kier molecular flexibility index (Phi) is 6.52. The number of benzene rings is 1. The van der Waals surface area contributed by atoms with Gasteiger partial charge in [0.25, 0.3) is 5.69 Å². The standard InChI is InChI=1S/C15H23N3O5S/c1-23-14-7-6-13(18(19)20)12-15(14)24(21,22)16-8-5-11-17-9-3-2-4-10-17/h6-7,12,16H,2-5,8-11H2,1H3. The van der Waals surface area contributed by atoms with Crippen molar-refractivity contribution >= 4 is 15.7 Å². The van der Waals surface area contributed by atoms with E-state index in [0.29, 0.717) is 6.42 Å². The van der Waals surface area contributed by atoms with Crippen molar-refractivity contribution < 1.29 is 18.1 Å². The summed E-state index contributed by atoms with van der Waals surface area (Å²) in [5.74, 6) is 0.0872. The molecular formula is C15H23N3O5S. The van der Waals surface area contributed by atoms with Crippen LogP contribution in [0.25, 0.3) is 0 Å². The lowest BCUT2D eigenvalue weighted by atomic mass is 10.1. The third kappa shape index (κ3) is 4.89. The highest BCUT2D eigenvalue weighted by atomic mass is 32.2. The summed E-state index contributed by atoms with van der Waals surface area (Å²) in [5.41, 5.74) is -0.288. The molecule has 1 aromatic carbocycles. The molecule has 0 radical (unpaired) electrons. The van der Waals surface area contributed by atoms with Crippen LogP contribution in [-0.2, 0) is 10.0 Å². The van der Waals surface area contributed by atoms with Gasteiger partial charge in [0, 0.05) is 18.7 Å². The molecule has 24 heavy (non-hydrogen) atoms. The van der Waals surface area contributed by atoms with Crippen molar-refractivity contribution in [3.8, 4) is 5.75 Å². The van der Waals surface area contributed by atoms with Crippen LogP contribution in [0.1, 0.15) is 25.7 Å². The van der Waals surface area contributed by atoms with Crippen LogP contribution in [0, 0.1) is 10.1 Å². The van der Waals surface area contributed by atoms with Crippen LogP contribution in [0.2, 0.25) is 0 Å². The second-order valence-electron chi connectivity index (χ2n) is 5.75. The highest BCUT2D eigenvalue weighted by Gasteiger charge is 2.22. The molecule has 0 atom stereocenters. The summed E-state index contributed by atoms with van der Waals surface area (Å²) in [7, 11) is -2.53. The van der Waals surface area contributed by atoms with E-state index >= 15 is 0 Å². The Morgan fingerprint density at radius 1 is 1.29 bits per heavy atom. The number of sulfonamides is 1. The number of nitrogens with one attached hydrogen (secondary N) is 1. The summed E-state index contributed by atoms with van der Waals surface area (Å²) >= 11 is 0. The van der Waals surface area contributed by atoms with Gasteiger partial charge >= 0.3 is 0 Å². The molecule has 0 amide bonds. The van der Waals surface area contributed by atoms with E-state index in [1.165, 1.54) is 38.5 Å². The zero-order chi connectivity index (χ0) is 17.6. The fourth-order valence-corrected chi connectivity index (χ4v) is 4.02. The van der Waals surface area contributed by atoms with Gasteiger partial charge < -0.3 is 9.64 Å². The van der Waals surface area contributed by atoms with E-state index in [-0.39, 0.29) is 22.9 Å². The monoisotopic (exact) mass is 357 g/mol. The summed E-state index contributed by atoms with van der Waals surface area (Å²) in [5, 5.41) is 10.9. The SMILES string of the molecule is COc1ccc([N+](=O)[O-])cc1S(=O)(=O)NCCCN1CCCCC1. The Morgan fingerprint density at radius 3 is 2.62 bits per heavy atom. The zero-order valence-electron chi connectivity index (χ0n) is 13.7. The molecule has 0 spiro atoms. The molecule has 1 fully saturated rings. The lowest BCUT2D eigenvalue weighted by Crippen LogP contribution is -2.33. The molecule has 1 saturated heterocycles. The van der Waals surface area contributed by atoms with Gasteiger partial charge in [0.05, 0.1) is 12.0 Å². The first-order chi connectivity index (χ1) is 11.4. The maximum absolute atomic E-state index is 12.4. The number of likely N-dealkylation sites (tertiary alicyclic amines) is 1. The molecule has 1 aliphatic heterocycles. The molecule has 9 heteroatoms. The number of hydrogen-bond donors (Lipinski definition) is 1. The zero-order valence-corrected chi connectivity index (χ0v) is 14.5. The van der Waals surface area contributed by atoms with E-state index in [0.717, 1.165) is 25.7 Å². The van der Waals surface area contributed by atoms with Crippen molar-refractivity contribution in [3.05, 3.63) is 28.3 Å². The Morgan fingerprint density at radius 2 is 2.00 bits per heavy atom. The molecule has 8 nitrogen and oxygen atoms in total. The summed E-state index contributed by atoms with van der Waals surface area (Å²) in [6.45, 7) is 3.25. The van der Waals surface area contributed by atoms with Crippen LogP contribution >= 0.6 is 0 Å². The maximum atomic E-state index is 12.4. The summed E-state index contributed by atoms with van der Waals surface area (Å²) in [4.78, 5) is 12.3. The van der Waals surface area contributed by atoms with Gasteiger partial charge in [0.2, 0.25) is 10.0 Å². The molecule has 134 valence electrons. The van der Waals surface area contributed by atoms with Gasteiger partial charge in [-0.1, -0.05) is 6.42 Å². The van der Waals surface area contributed by atoms with E-state index in [2.05, 4.69) is 9.62 Å². The van der Waals surface area contributed by atoms with Crippen LogP contribution < -0.4 is 9.46 Å². The molecule has 1 N–H and O–H groups in total. The van der Waals surface area contributed by atoms with Gasteiger partial charge in [0.1, 0.15) is 10.6 Å². The van der Waals surface area contributed by atoms with Gasteiger partial charge in [-0.2, -0.15) is 0 Å². The minimum atomic E-state index is -3.86. The van der Waals surface area contributed by atoms with Crippen molar-refractivity contribution in [2.75, 3.05) is 33.3 Å². The summed E-state index contributed by atoms with van der Waals surface area (Å²) < 4.78 is 32.3. The van der Waals surface area contributed by atoms with Crippen LogP contribution in [0.5, 0.6) is 5.75 Å². The fourth-order valence-electron chi connectivity index (χ4n) is 2.76. The number of nitro groups is 1. The first-order valence-electron chi connectivity index (χ1n) is 7.98. The van der Waals surface area contributed by atoms with E-state index in [1.54, 1.807) is 0 Å². The number of ether oxygens (including phenoxy) is 1. The highest BCUT2D eigenvalue weighted by Crippen LogP contribution is 2.27. The number of hydrogen-bond acceptors (Lipinski definition) is 6. The van der Waals surface area contributed by atoms with Crippen molar-refractivity contribution in [2.24, 2.45) is 0 Å². The molecule has 1 aromatic rings. The van der Waals surface area contributed by atoms with Crippen LogP contribution in [0.3, 0.4) is 0 Å². The highest BCUT2D eigenvalue weighted by molar-refractivity contribution is 7.89. The minimum absolute atomic E-state index is 0.0872. The third-order valence-electron chi connectivity index (χ3n) is 4.04. The second-order valence-corrected chi connectivity index (χ2v) is 7.48. The summed E-state index contributed by atoms with van der Waals surface area (Å²) in [6, 6.07) is 3.53. The number of methoxy groups -OCH3 is 1. The molecule has 0 aromatic heterocycles. The molecule has 1 heterocycles. The predicted molar refractivity (Wildman–Crippen MR) is 89.7 cm³/mol. The Bertz CT molecular complexity index is 672. The van der Waals surface area contributed by atoms with Crippen molar-refractivity contribution in [2.45, 2.75) is 30.6 Å². The first kappa shape index (κ1) is 18.6. The Balaban J connectivity index is 1.98. The number of nitrogens with zero attached hydrogens (tertiary/aromatic N) is 2. The van der Waals surface area contributed by atoms with Crippen molar-refractivity contribution in [3.63, 3.8) is 0 Å². The third-order valence-corrected chi connectivity index (χ3v) is 5.52. The van der Waals surface area contributed by atoms with Gasteiger partial charge in [-0.05, 0) is 45.0 Å². The number of non-ortho nitro benzene ring substituents is 1. The molecule has 0 aliphatic carbocycles. The quantitative estimate of drug-likeness (QED) is 0.432. The smallest absolute Gasteiger partial charge is 0.271 e. The lowest BCUT2D eigenvalue weighted by Gasteiger charge is -2.26. The molecular weight excluding hydrogens is 334 g/mol. The van der Waals surface area contributed by atoms with E-state index in [9.17, 15) is 18.5 Å². The predicted octanol–water partition coefficient (Wildman–Crippen LogP) is 1.76. The largest absolute Gasteiger partial charge is 0.495 e. The Hall–Kier alpha value is -1.71. The number of piperidine rings is 1. The van der Waals surface area contributed by atoms with Crippen LogP contribution in [0.4, 0.5) is 5.69 Å². The van der Waals surface area contributed by atoms with E-state index in [1.807, 2.05) is 0 Å². The first-order valence-corrected chi connectivity index (χ1v) is 9.47. The molecule has 2 rings (SSSR count). The van der Waals surface area contributed by atoms with Gasteiger partial charge in [-0.25, -0.2) is 13.1 Å². The van der Waals surface area contributed by atoms with Crippen LogP contribution in [-0.4, -0.2) is 51.5 Å². The molecule has 0 unspecified atom stereocenters. The second kappa shape index (κ2) is 8.41. The summed E-state index contributed by atoms with van der Waals surface area (Å²) in [6.07, 6.45) is 4.33. The average molecular weight is 357 g/mol. The maximum Gasteiger partial charge on any atom is 0.271 e. The van der Waals surface area contributed by atoms with E-state index in [4.69, 9.17) is 4.74 Å². The van der Waals surface area contributed by atoms with Gasteiger partial charge in [-0.3, -0.25) is 10.1 Å². The van der Waals surface area contributed by atoms with Gasteiger partial charge in [0.15, 0.2) is 0 Å². The molecule has 0 saturated carbocycles. The number of rotatable bonds is 8. The van der Waals surface area contributed by atoms with E-state index < -0.39 is 14.9 Å². The minimum Gasteiger partial charge on any atom is -0.495 e. The topological polar surface area (TPSA) is 102 Å².